The minimum Gasteiger partial charge on any atom is -0.480 e. The molecule has 1 aliphatic rings. The van der Waals surface area contributed by atoms with E-state index in [9.17, 15) is 4.21 Å². The molecule has 58 valence electrons. The first kappa shape index (κ1) is 7.68. The third-order valence-corrected chi connectivity index (χ3v) is 1.59. The Kier molecular flexibility index (Phi) is 2.82. The van der Waals surface area contributed by atoms with Crippen LogP contribution in [-0.4, -0.2) is 21.3 Å². The van der Waals surface area contributed by atoms with Gasteiger partial charge < -0.3 is 4.74 Å². The van der Waals surface area contributed by atoms with Crippen molar-refractivity contribution in [1.82, 2.24) is 0 Å². The molecular formula is C5H9NO3S. The molecule has 1 fully saturated rings. The van der Waals surface area contributed by atoms with Gasteiger partial charge in [-0.15, -0.1) is 4.40 Å². The predicted octanol–water partition coefficient (Wildman–Crippen LogP) is 0.722. The van der Waals surface area contributed by atoms with Gasteiger partial charge in [0.25, 0.3) is 11.3 Å². The molecule has 0 amide bonds. The van der Waals surface area contributed by atoms with Crippen LogP contribution in [-0.2, 0) is 16.0 Å². The molecule has 0 aromatic heterocycles. The van der Waals surface area contributed by atoms with Crippen molar-refractivity contribution >= 4 is 17.2 Å². The third kappa shape index (κ3) is 2.45. The van der Waals surface area contributed by atoms with E-state index in [0.29, 0.717) is 18.9 Å². The molecule has 0 aromatic rings. The number of ether oxygens (including phenoxy) is 1. The maximum atomic E-state index is 10.1. The lowest BCUT2D eigenvalue weighted by Gasteiger charge is -2.12. The van der Waals surface area contributed by atoms with Gasteiger partial charge >= 0.3 is 0 Å². The highest BCUT2D eigenvalue weighted by atomic mass is 32.2. The van der Waals surface area contributed by atoms with E-state index in [-0.39, 0.29) is 0 Å². The lowest BCUT2D eigenvalue weighted by atomic mass is 10.2. The Morgan fingerprint density at radius 2 is 2.40 bits per heavy atom. The second kappa shape index (κ2) is 3.68. The summed E-state index contributed by atoms with van der Waals surface area (Å²) in [6, 6.07) is 0. The van der Waals surface area contributed by atoms with E-state index < -0.39 is 11.3 Å². The summed E-state index contributed by atoms with van der Waals surface area (Å²) in [5.74, 6) is 0.409. The van der Waals surface area contributed by atoms with Gasteiger partial charge in [0.05, 0.1) is 6.61 Å². The Balaban J connectivity index is 2.45. The fourth-order valence-corrected chi connectivity index (χ4v) is 1.12. The summed E-state index contributed by atoms with van der Waals surface area (Å²) in [5.41, 5.74) is 0. The zero-order chi connectivity index (χ0) is 7.40. The molecule has 1 aliphatic heterocycles. The van der Waals surface area contributed by atoms with Crippen molar-refractivity contribution in [3.05, 3.63) is 0 Å². The monoisotopic (exact) mass is 163 g/mol. The first-order valence-electron chi connectivity index (χ1n) is 3.10. The predicted molar refractivity (Wildman–Crippen MR) is 38.0 cm³/mol. The Morgan fingerprint density at radius 3 is 2.90 bits per heavy atom. The maximum absolute atomic E-state index is 10.1. The number of hydrogen-bond donors (Lipinski definition) is 1. The molecule has 1 N–H and O–H groups in total. The van der Waals surface area contributed by atoms with Crippen molar-refractivity contribution in [3.8, 4) is 0 Å². The number of hydrogen-bond acceptors (Lipinski definition) is 2. The number of rotatable bonds is 1. The standard InChI is InChI=1S/C5H9NO3S/c7-10(8)6-5-3-1-2-4-9-5/h1-4H2,(H,7,8). The number of nitrogens with zero attached hydrogens (tertiary/aromatic N) is 1. The van der Waals surface area contributed by atoms with E-state index in [4.69, 9.17) is 9.29 Å². The smallest absolute Gasteiger partial charge is 0.285 e. The molecule has 1 saturated heterocycles. The van der Waals surface area contributed by atoms with Crippen LogP contribution in [0.4, 0.5) is 0 Å². The van der Waals surface area contributed by atoms with Gasteiger partial charge in [-0.1, -0.05) is 0 Å². The largest absolute Gasteiger partial charge is 0.480 e. The molecule has 1 rings (SSSR count). The van der Waals surface area contributed by atoms with Crippen molar-refractivity contribution in [2.75, 3.05) is 6.61 Å². The highest BCUT2D eigenvalue weighted by molar-refractivity contribution is 7.78. The average molecular weight is 163 g/mol. The van der Waals surface area contributed by atoms with Crippen molar-refractivity contribution < 1.29 is 13.5 Å². The van der Waals surface area contributed by atoms with Crippen LogP contribution >= 0.6 is 0 Å². The highest BCUT2D eigenvalue weighted by Crippen LogP contribution is 2.07. The zero-order valence-corrected chi connectivity index (χ0v) is 6.26. The molecular weight excluding hydrogens is 154 g/mol. The van der Waals surface area contributed by atoms with E-state index in [1.807, 2.05) is 0 Å². The SMILES string of the molecule is O=S(O)N=C1CCCCO1. The van der Waals surface area contributed by atoms with Crippen LogP contribution in [0.2, 0.25) is 0 Å². The van der Waals surface area contributed by atoms with Gasteiger partial charge in [-0.25, -0.2) is 4.21 Å². The van der Waals surface area contributed by atoms with E-state index in [2.05, 4.69) is 4.40 Å². The van der Waals surface area contributed by atoms with Crippen molar-refractivity contribution in [2.45, 2.75) is 19.3 Å². The minimum atomic E-state index is -2.10. The minimum absolute atomic E-state index is 0.409. The van der Waals surface area contributed by atoms with Crippen LogP contribution in [0.5, 0.6) is 0 Å². The van der Waals surface area contributed by atoms with Crippen LogP contribution in [0.15, 0.2) is 4.40 Å². The summed E-state index contributed by atoms with van der Waals surface area (Å²) in [7, 11) is 0. The summed E-state index contributed by atoms with van der Waals surface area (Å²) >= 11 is -2.10. The Hall–Kier alpha value is -0.420. The second-order valence-electron chi connectivity index (χ2n) is 2.02. The summed E-state index contributed by atoms with van der Waals surface area (Å²) in [4.78, 5) is 0. The van der Waals surface area contributed by atoms with Crippen LogP contribution in [0, 0.1) is 0 Å². The van der Waals surface area contributed by atoms with Gasteiger partial charge in [-0.3, -0.25) is 4.55 Å². The Labute approximate surface area is 61.7 Å². The van der Waals surface area contributed by atoms with Gasteiger partial charge in [0.15, 0.2) is 5.90 Å². The molecule has 0 spiro atoms. The molecule has 10 heavy (non-hydrogen) atoms. The molecule has 5 heteroatoms. The lowest BCUT2D eigenvalue weighted by Crippen LogP contribution is -2.12. The van der Waals surface area contributed by atoms with Gasteiger partial charge in [-0.05, 0) is 12.8 Å². The van der Waals surface area contributed by atoms with Crippen molar-refractivity contribution in [2.24, 2.45) is 4.40 Å². The summed E-state index contributed by atoms with van der Waals surface area (Å²) < 4.78 is 26.8. The zero-order valence-electron chi connectivity index (χ0n) is 5.45. The summed E-state index contributed by atoms with van der Waals surface area (Å²) in [6.07, 6.45) is 2.69. The van der Waals surface area contributed by atoms with Gasteiger partial charge in [0.2, 0.25) is 0 Å². The Morgan fingerprint density at radius 1 is 1.60 bits per heavy atom. The first-order valence-corrected chi connectivity index (χ1v) is 4.17. The van der Waals surface area contributed by atoms with Crippen LogP contribution < -0.4 is 0 Å². The summed E-state index contributed by atoms with van der Waals surface area (Å²) in [5, 5.41) is 0. The normalized spacial score (nSPS) is 25.9. The van der Waals surface area contributed by atoms with Crippen molar-refractivity contribution in [3.63, 3.8) is 0 Å². The molecule has 1 heterocycles. The fourth-order valence-electron chi connectivity index (χ4n) is 0.800. The van der Waals surface area contributed by atoms with E-state index in [0.717, 1.165) is 12.8 Å². The molecule has 0 bridgehead atoms. The summed E-state index contributed by atoms with van der Waals surface area (Å²) in [6.45, 7) is 0.621. The highest BCUT2D eigenvalue weighted by Gasteiger charge is 2.07. The molecule has 1 unspecified atom stereocenters. The molecule has 4 nitrogen and oxygen atoms in total. The molecule has 0 radical (unpaired) electrons. The van der Waals surface area contributed by atoms with Crippen LogP contribution in [0.25, 0.3) is 0 Å². The Bertz CT molecular complexity index is 160. The van der Waals surface area contributed by atoms with Crippen molar-refractivity contribution in [1.29, 1.82) is 0 Å². The molecule has 0 aliphatic carbocycles. The van der Waals surface area contributed by atoms with E-state index >= 15 is 0 Å². The van der Waals surface area contributed by atoms with Crippen LogP contribution in [0.3, 0.4) is 0 Å². The fraction of sp³-hybridized carbons (Fsp3) is 0.800. The van der Waals surface area contributed by atoms with Gasteiger partial charge in [0.1, 0.15) is 0 Å². The third-order valence-electron chi connectivity index (χ3n) is 1.23. The first-order chi connectivity index (χ1) is 4.79. The van der Waals surface area contributed by atoms with Gasteiger partial charge in [-0.2, -0.15) is 0 Å². The molecule has 0 saturated carbocycles. The second-order valence-corrected chi connectivity index (χ2v) is 2.67. The average Bonchev–Trinajstić information content (AvgIpc) is 1.88. The van der Waals surface area contributed by atoms with E-state index in [1.54, 1.807) is 0 Å². The molecule has 1 atom stereocenters. The topological polar surface area (TPSA) is 58.9 Å². The van der Waals surface area contributed by atoms with Crippen LogP contribution in [0.1, 0.15) is 19.3 Å². The maximum Gasteiger partial charge on any atom is 0.285 e. The van der Waals surface area contributed by atoms with Gasteiger partial charge in [0, 0.05) is 6.42 Å². The lowest BCUT2D eigenvalue weighted by molar-refractivity contribution is 0.261. The quantitative estimate of drug-likeness (QED) is 0.579. The van der Waals surface area contributed by atoms with E-state index in [1.165, 1.54) is 0 Å². The molecule has 0 aromatic carbocycles.